The van der Waals surface area contributed by atoms with Crippen molar-refractivity contribution < 1.29 is 13.2 Å². The third-order valence-corrected chi connectivity index (χ3v) is 2.85. The molecule has 0 amide bonds. The van der Waals surface area contributed by atoms with Crippen LogP contribution in [0.1, 0.15) is 31.5 Å². The third kappa shape index (κ3) is 5.32. The highest BCUT2D eigenvalue weighted by Crippen LogP contribution is 2.20. The summed E-state index contributed by atoms with van der Waals surface area (Å²) in [5.74, 6) is 0.126. The predicted octanol–water partition coefficient (Wildman–Crippen LogP) is 2.67. The van der Waals surface area contributed by atoms with Crippen molar-refractivity contribution in [3.63, 3.8) is 0 Å². The van der Waals surface area contributed by atoms with Crippen LogP contribution in [0, 0.1) is 6.92 Å². The number of rotatable bonds is 7. The maximum Gasteiger partial charge on any atom is 0.406 e. The van der Waals surface area contributed by atoms with Gasteiger partial charge in [0.15, 0.2) is 0 Å². The molecule has 1 aromatic heterocycles. The number of aryl methyl sites for hydroxylation is 1. The fourth-order valence-corrected chi connectivity index (χ4v) is 1.75. The van der Waals surface area contributed by atoms with Crippen molar-refractivity contribution in [3.05, 3.63) is 17.5 Å². The largest absolute Gasteiger partial charge is 0.406 e. The van der Waals surface area contributed by atoms with E-state index in [9.17, 15) is 13.2 Å². The van der Waals surface area contributed by atoms with Crippen molar-refractivity contribution in [2.75, 3.05) is 24.5 Å². The lowest BCUT2D eigenvalue weighted by atomic mass is 10.2. The van der Waals surface area contributed by atoms with E-state index in [0.29, 0.717) is 12.2 Å². The smallest absolute Gasteiger partial charge is 0.332 e. The van der Waals surface area contributed by atoms with Crippen LogP contribution >= 0.6 is 0 Å². The summed E-state index contributed by atoms with van der Waals surface area (Å²) >= 11 is 0. The highest BCUT2D eigenvalue weighted by atomic mass is 19.4. The van der Waals surface area contributed by atoms with E-state index in [4.69, 9.17) is 0 Å². The maximum atomic E-state index is 12.5. The molecule has 0 spiro atoms. The highest BCUT2D eigenvalue weighted by Gasteiger charge is 2.31. The van der Waals surface area contributed by atoms with Crippen LogP contribution < -0.4 is 10.2 Å². The average Bonchev–Trinajstić information content (AvgIpc) is 2.37. The molecule has 0 radical (unpaired) electrons. The number of halogens is 3. The summed E-state index contributed by atoms with van der Waals surface area (Å²) in [7, 11) is 0. The average molecular weight is 290 g/mol. The van der Waals surface area contributed by atoms with Gasteiger partial charge in [0.25, 0.3) is 0 Å². The zero-order chi connectivity index (χ0) is 15.2. The number of aromatic nitrogens is 2. The maximum absolute atomic E-state index is 12.5. The molecule has 0 saturated carbocycles. The van der Waals surface area contributed by atoms with E-state index in [1.807, 2.05) is 0 Å². The second-order valence-corrected chi connectivity index (χ2v) is 4.59. The molecular formula is C13H21F3N4. The van der Waals surface area contributed by atoms with Gasteiger partial charge in [0, 0.05) is 30.5 Å². The molecule has 0 aromatic carbocycles. The Bertz CT molecular complexity index is 421. The van der Waals surface area contributed by atoms with Crippen molar-refractivity contribution >= 4 is 5.95 Å². The van der Waals surface area contributed by atoms with Gasteiger partial charge in [-0.25, -0.2) is 9.97 Å². The van der Waals surface area contributed by atoms with E-state index < -0.39 is 12.7 Å². The number of hydrogen-bond acceptors (Lipinski definition) is 4. The first-order valence-corrected chi connectivity index (χ1v) is 6.72. The third-order valence-electron chi connectivity index (χ3n) is 2.85. The Labute approximate surface area is 117 Å². The Morgan fingerprint density at radius 3 is 2.50 bits per heavy atom. The first-order valence-electron chi connectivity index (χ1n) is 6.72. The first-order chi connectivity index (χ1) is 9.37. The summed E-state index contributed by atoms with van der Waals surface area (Å²) in [6.45, 7) is 6.21. The Hall–Kier alpha value is -1.37. The first kappa shape index (κ1) is 16.7. The van der Waals surface area contributed by atoms with Gasteiger partial charge in [0.1, 0.15) is 6.54 Å². The molecule has 1 N–H and O–H groups in total. The molecule has 0 aliphatic carbocycles. The zero-order valence-corrected chi connectivity index (χ0v) is 12.1. The summed E-state index contributed by atoms with van der Waals surface area (Å²) in [5, 5.41) is 3.22. The normalized spacial score (nSPS) is 11.7. The number of nitrogens with zero attached hydrogens (tertiary/aromatic N) is 3. The van der Waals surface area contributed by atoms with Crippen LogP contribution in [0.2, 0.25) is 0 Å². The molecule has 0 unspecified atom stereocenters. The van der Waals surface area contributed by atoms with Crippen molar-refractivity contribution in [1.29, 1.82) is 0 Å². The molecule has 1 heterocycles. The Morgan fingerprint density at radius 2 is 2.00 bits per heavy atom. The fraction of sp³-hybridized carbons (Fsp3) is 0.692. The predicted molar refractivity (Wildman–Crippen MR) is 72.7 cm³/mol. The molecule has 0 bridgehead atoms. The van der Waals surface area contributed by atoms with Crippen molar-refractivity contribution in [3.8, 4) is 0 Å². The summed E-state index contributed by atoms with van der Waals surface area (Å²) in [5.41, 5.74) is 1.62. The van der Waals surface area contributed by atoms with Crippen LogP contribution in [0.5, 0.6) is 0 Å². The van der Waals surface area contributed by atoms with Crippen molar-refractivity contribution in [1.82, 2.24) is 15.3 Å². The molecule has 0 aliphatic rings. The van der Waals surface area contributed by atoms with E-state index in [1.165, 1.54) is 0 Å². The lowest BCUT2D eigenvalue weighted by Crippen LogP contribution is -2.35. The molecule has 7 heteroatoms. The van der Waals surface area contributed by atoms with E-state index in [0.717, 1.165) is 23.4 Å². The van der Waals surface area contributed by atoms with Gasteiger partial charge in [-0.3, -0.25) is 0 Å². The Morgan fingerprint density at radius 1 is 1.30 bits per heavy atom. The van der Waals surface area contributed by atoms with E-state index in [2.05, 4.69) is 22.2 Å². The van der Waals surface area contributed by atoms with Gasteiger partial charge in [0.2, 0.25) is 5.95 Å². The van der Waals surface area contributed by atoms with Gasteiger partial charge in [-0.2, -0.15) is 13.2 Å². The lowest BCUT2D eigenvalue weighted by Gasteiger charge is -2.22. The standard InChI is InChI=1S/C13H21F3N4/c1-4-6-17-7-11-8-18-12(19-10(11)3)20(5-2)9-13(14,15)16/h8,17H,4-7,9H2,1-3H3. The van der Waals surface area contributed by atoms with Gasteiger partial charge < -0.3 is 10.2 Å². The topological polar surface area (TPSA) is 41.1 Å². The molecule has 1 rings (SSSR count). The molecule has 0 atom stereocenters. The molecule has 0 aliphatic heterocycles. The lowest BCUT2D eigenvalue weighted by molar-refractivity contribution is -0.119. The molecule has 114 valence electrons. The van der Waals surface area contributed by atoms with Crippen molar-refractivity contribution in [2.45, 2.75) is 39.9 Å². The van der Waals surface area contributed by atoms with Gasteiger partial charge in [-0.05, 0) is 26.8 Å². The van der Waals surface area contributed by atoms with Crippen LogP contribution in [0.4, 0.5) is 19.1 Å². The van der Waals surface area contributed by atoms with Gasteiger partial charge >= 0.3 is 6.18 Å². The summed E-state index contributed by atoms with van der Waals surface area (Å²) < 4.78 is 37.4. The second-order valence-electron chi connectivity index (χ2n) is 4.59. The summed E-state index contributed by atoms with van der Waals surface area (Å²) in [6, 6.07) is 0. The van der Waals surface area contributed by atoms with Crippen LogP contribution in [-0.2, 0) is 6.54 Å². The van der Waals surface area contributed by atoms with Crippen LogP contribution in [0.25, 0.3) is 0 Å². The van der Waals surface area contributed by atoms with Crippen LogP contribution in [0.3, 0.4) is 0 Å². The number of hydrogen-bond donors (Lipinski definition) is 1. The van der Waals surface area contributed by atoms with E-state index in [-0.39, 0.29) is 12.5 Å². The fourth-order valence-electron chi connectivity index (χ4n) is 1.75. The minimum atomic E-state index is -4.26. The summed E-state index contributed by atoms with van der Waals surface area (Å²) in [6.07, 6.45) is -1.64. The molecule has 20 heavy (non-hydrogen) atoms. The van der Waals surface area contributed by atoms with Crippen molar-refractivity contribution in [2.24, 2.45) is 0 Å². The molecule has 1 aromatic rings. The Balaban J connectivity index is 2.78. The highest BCUT2D eigenvalue weighted by molar-refractivity contribution is 5.33. The molecule has 4 nitrogen and oxygen atoms in total. The van der Waals surface area contributed by atoms with Gasteiger partial charge in [-0.15, -0.1) is 0 Å². The molecule has 0 fully saturated rings. The zero-order valence-electron chi connectivity index (χ0n) is 12.1. The minimum Gasteiger partial charge on any atom is -0.332 e. The van der Waals surface area contributed by atoms with E-state index in [1.54, 1.807) is 20.0 Å². The van der Waals surface area contributed by atoms with Crippen LogP contribution in [0.15, 0.2) is 6.20 Å². The van der Waals surface area contributed by atoms with Gasteiger partial charge in [-0.1, -0.05) is 6.92 Å². The summed E-state index contributed by atoms with van der Waals surface area (Å²) in [4.78, 5) is 9.35. The van der Waals surface area contributed by atoms with E-state index >= 15 is 0 Å². The quantitative estimate of drug-likeness (QED) is 0.784. The Kier molecular flexibility index (Phi) is 6.19. The number of anilines is 1. The minimum absolute atomic E-state index is 0.126. The SMILES string of the molecule is CCCNCc1cnc(N(CC)CC(F)(F)F)nc1C. The monoisotopic (exact) mass is 290 g/mol. The van der Waals surface area contributed by atoms with Gasteiger partial charge in [0.05, 0.1) is 0 Å². The number of alkyl halides is 3. The number of nitrogens with one attached hydrogen (secondary N) is 1. The second kappa shape index (κ2) is 7.42. The molecular weight excluding hydrogens is 269 g/mol. The van der Waals surface area contributed by atoms with Crippen LogP contribution in [-0.4, -0.2) is 35.8 Å². The molecule has 0 saturated heterocycles.